The van der Waals surface area contributed by atoms with E-state index in [1.807, 2.05) is 0 Å². The van der Waals surface area contributed by atoms with Crippen LogP contribution < -0.4 is 0 Å². The van der Waals surface area contributed by atoms with Crippen LogP contribution in [0.2, 0.25) is 0 Å². The number of unbranched alkanes of at least 4 members (excludes halogenated alkanes) is 3. The largest absolute Gasteiger partial charge is 0.377 e. The highest BCUT2D eigenvalue weighted by Crippen LogP contribution is 2.09. The molecule has 0 bridgehead atoms. The van der Waals surface area contributed by atoms with E-state index in [9.17, 15) is 8.78 Å². The molecule has 1 rings (SSSR count). The number of halogens is 2. The maximum atomic E-state index is 12.9. The molecule has 0 unspecified atom stereocenters. The van der Waals surface area contributed by atoms with Crippen molar-refractivity contribution in [2.45, 2.75) is 25.7 Å². The van der Waals surface area contributed by atoms with E-state index in [0.29, 0.717) is 18.8 Å². The molecule has 99 valence electrons. The molecule has 0 aliphatic rings. The molecule has 0 N–H and O–H groups in total. The van der Waals surface area contributed by atoms with Gasteiger partial charge in [-0.1, -0.05) is 38.3 Å². The minimum absolute atomic E-state index is 0.461. The van der Waals surface area contributed by atoms with E-state index in [2.05, 4.69) is 6.92 Å². The third kappa shape index (κ3) is 6.50. The van der Waals surface area contributed by atoms with Gasteiger partial charge in [0.2, 0.25) is 0 Å². The summed E-state index contributed by atoms with van der Waals surface area (Å²) >= 11 is 0. The van der Waals surface area contributed by atoms with E-state index in [-0.39, 0.29) is 0 Å². The highest BCUT2D eigenvalue weighted by Gasteiger charge is 1.96. The Kier molecular flexibility index (Phi) is 7.26. The Morgan fingerprint density at radius 3 is 2.44 bits per heavy atom. The lowest BCUT2D eigenvalue weighted by Gasteiger charge is -2.00. The Bertz CT molecular complexity index is 355. The van der Waals surface area contributed by atoms with Crippen LogP contribution in [0.1, 0.15) is 31.2 Å². The highest BCUT2D eigenvalue weighted by atomic mass is 19.1. The van der Waals surface area contributed by atoms with Gasteiger partial charge in [-0.3, -0.25) is 0 Å². The lowest BCUT2D eigenvalue weighted by molar-refractivity contribution is 0.158. The summed E-state index contributed by atoms with van der Waals surface area (Å²) in [6.07, 6.45) is 7.66. The fourth-order valence-electron chi connectivity index (χ4n) is 1.56. The summed E-state index contributed by atoms with van der Waals surface area (Å²) < 4.78 is 31.1. The maximum absolute atomic E-state index is 12.9. The molecule has 0 aliphatic carbocycles. The lowest BCUT2D eigenvalue weighted by Crippen LogP contribution is -1.94. The lowest BCUT2D eigenvalue weighted by atomic mass is 10.2. The summed E-state index contributed by atoms with van der Waals surface area (Å²) in [6.45, 7) is 4.94. The Morgan fingerprint density at radius 1 is 1.06 bits per heavy atom. The van der Waals surface area contributed by atoms with E-state index in [4.69, 9.17) is 4.74 Å². The predicted molar refractivity (Wildman–Crippen MR) is 70.0 cm³/mol. The second-order valence-corrected chi connectivity index (χ2v) is 4.09. The van der Waals surface area contributed by atoms with Crippen LogP contribution in [0.3, 0.4) is 0 Å². The van der Waals surface area contributed by atoms with Gasteiger partial charge in [0.25, 0.3) is 0 Å². The Balaban J connectivity index is 2.20. The van der Waals surface area contributed by atoms with Gasteiger partial charge < -0.3 is 4.74 Å². The molecule has 0 saturated heterocycles. The first-order chi connectivity index (χ1) is 8.72. The Labute approximate surface area is 107 Å². The Morgan fingerprint density at radius 2 is 1.78 bits per heavy atom. The second kappa shape index (κ2) is 8.81. The van der Waals surface area contributed by atoms with Gasteiger partial charge in [0.05, 0.1) is 6.61 Å². The smallest absolute Gasteiger partial charge is 0.126 e. The molecule has 1 nitrogen and oxygen atoms in total. The van der Waals surface area contributed by atoms with Crippen molar-refractivity contribution < 1.29 is 13.5 Å². The van der Waals surface area contributed by atoms with Gasteiger partial charge >= 0.3 is 0 Å². The van der Waals surface area contributed by atoms with E-state index in [1.165, 1.54) is 12.1 Å². The topological polar surface area (TPSA) is 9.23 Å². The average molecular weight is 253 g/mol. The number of hydrogen-bond donors (Lipinski definition) is 0. The van der Waals surface area contributed by atoms with E-state index in [0.717, 1.165) is 31.7 Å². The minimum Gasteiger partial charge on any atom is -0.377 e. The van der Waals surface area contributed by atoms with Gasteiger partial charge in [-0.25, -0.2) is 8.78 Å². The predicted octanol–water partition coefficient (Wildman–Crippen LogP) is 4.39. The van der Waals surface area contributed by atoms with Crippen LogP contribution in [-0.4, -0.2) is 13.2 Å². The number of hydrogen-bond acceptors (Lipinski definition) is 1. The fraction of sp³-hybridized carbons (Fsp3) is 0.400. The van der Waals surface area contributed by atoms with Gasteiger partial charge in [0.1, 0.15) is 11.6 Å². The van der Waals surface area contributed by atoms with Gasteiger partial charge in [-0.2, -0.15) is 0 Å². The van der Waals surface area contributed by atoms with E-state index >= 15 is 0 Å². The molecule has 0 spiro atoms. The molecule has 0 aromatic heterocycles. The van der Waals surface area contributed by atoms with Crippen molar-refractivity contribution in [2.24, 2.45) is 0 Å². The van der Waals surface area contributed by atoms with Crippen molar-refractivity contribution in [3.05, 3.63) is 48.4 Å². The molecule has 0 heterocycles. The van der Waals surface area contributed by atoms with Crippen LogP contribution in [-0.2, 0) is 4.74 Å². The molecule has 1 radical (unpaired) electrons. The molecule has 1 aromatic rings. The number of ether oxygens (including phenoxy) is 1. The molecule has 18 heavy (non-hydrogen) atoms. The SMILES string of the molecule is [CH2]CCCCCOC/C=C/c1cc(F)cc(F)c1. The second-order valence-electron chi connectivity index (χ2n) is 4.09. The van der Waals surface area contributed by atoms with Crippen LogP contribution in [0, 0.1) is 18.6 Å². The zero-order chi connectivity index (χ0) is 13.2. The van der Waals surface area contributed by atoms with Crippen molar-refractivity contribution in [1.29, 1.82) is 0 Å². The van der Waals surface area contributed by atoms with Gasteiger partial charge in [0.15, 0.2) is 0 Å². The molecule has 0 fully saturated rings. The maximum Gasteiger partial charge on any atom is 0.126 e. The standard InChI is InChI=1S/C15H19F2O/c1-2-3-4-5-8-18-9-6-7-13-10-14(16)12-15(17)11-13/h6-7,10-12H,1-5,8-9H2/b7-6+. The average Bonchev–Trinajstić information content (AvgIpc) is 2.31. The summed E-state index contributed by atoms with van der Waals surface area (Å²) in [5.41, 5.74) is 0.508. The molecule has 0 amide bonds. The van der Waals surface area contributed by atoms with Gasteiger partial charge in [-0.15, -0.1) is 0 Å². The zero-order valence-electron chi connectivity index (χ0n) is 10.5. The van der Waals surface area contributed by atoms with Crippen LogP contribution in [0.5, 0.6) is 0 Å². The summed E-state index contributed by atoms with van der Waals surface area (Å²) in [5.74, 6) is -1.13. The van der Waals surface area contributed by atoms with Crippen molar-refractivity contribution in [3.63, 3.8) is 0 Å². The Hall–Kier alpha value is -1.22. The first-order valence-electron chi connectivity index (χ1n) is 6.22. The van der Waals surface area contributed by atoms with E-state index < -0.39 is 11.6 Å². The van der Waals surface area contributed by atoms with Gasteiger partial charge in [-0.05, 0) is 24.1 Å². The van der Waals surface area contributed by atoms with Crippen LogP contribution >= 0.6 is 0 Å². The molecule has 0 atom stereocenters. The van der Waals surface area contributed by atoms with E-state index in [1.54, 1.807) is 12.2 Å². The zero-order valence-corrected chi connectivity index (χ0v) is 10.5. The minimum atomic E-state index is -0.566. The van der Waals surface area contributed by atoms with Crippen LogP contribution in [0.25, 0.3) is 6.08 Å². The normalized spacial score (nSPS) is 11.3. The van der Waals surface area contributed by atoms with Crippen LogP contribution in [0.4, 0.5) is 8.78 Å². The third-order valence-electron chi connectivity index (χ3n) is 2.45. The first-order valence-corrected chi connectivity index (χ1v) is 6.22. The van der Waals surface area contributed by atoms with Crippen molar-refractivity contribution >= 4 is 6.08 Å². The molecular formula is C15H19F2O. The van der Waals surface area contributed by atoms with Crippen LogP contribution in [0.15, 0.2) is 24.3 Å². The summed E-state index contributed by atoms with van der Waals surface area (Å²) in [6, 6.07) is 3.43. The third-order valence-corrected chi connectivity index (χ3v) is 2.45. The first kappa shape index (κ1) is 14.8. The van der Waals surface area contributed by atoms with Crippen molar-refractivity contribution in [3.8, 4) is 0 Å². The molecule has 0 aliphatic heterocycles. The van der Waals surface area contributed by atoms with Gasteiger partial charge in [0, 0.05) is 12.7 Å². The quantitative estimate of drug-likeness (QED) is 0.624. The fourth-order valence-corrected chi connectivity index (χ4v) is 1.56. The summed E-state index contributed by atoms with van der Waals surface area (Å²) in [4.78, 5) is 0. The number of rotatable bonds is 8. The number of benzene rings is 1. The monoisotopic (exact) mass is 253 g/mol. The molecule has 3 heteroatoms. The molecular weight excluding hydrogens is 234 g/mol. The van der Waals surface area contributed by atoms with Crippen molar-refractivity contribution in [2.75, 3.05) is 13.2 Å². The summed E-state index contributed by atoms with van der Waals surface area (Å²) in [5, 5.41) is 0. The molecule has 0 saturated carbocycles. The van der Waals surface area contributed by atoms with Crippen molar-refractivity contribution in [1.82, 2.24) is 0 Å². The molecule has 1 aromatic carbocycles. The summed E-state index contributed by atoms with van der Waals surface area (Å²) in [7, 11) is 0. The highest BCUT2D eigenvalue weighted by molar-refractivity contribution is 5.49.